The smallest absolute Gasteiger partial charge is 0.191 e. The van der Waals surface area contributed by atoms with Crippen molar-refractivity contribution in [2.24, 2.45) is 4.99 Å². The molecule has 0 bridgehead atoms. The van der Waals surface area contributed by atoms with Crippen LogP contribution in [0.5, 0.6) is 0 Å². The summed E-state index contributed by atoms with van der Waals surface area (Å²) < 4.78 is 10.9. The van der Waals surface area contributed by atoms with Gasteiger partial charge in [0, 0.05) is 31.0 Å². The quantitative estimate of drug-likeness (QED) is 0.362. The molecule has 0 radical (unpaired) electrons. The molecule has 0 amide bonds. The van der Waals surface area contributed by atoms with E-state index in [1.807, 2.05) is 12.1 Å². The number of thiophene rings is 1. The minimum Gasteiger partial charge on any atom is -0.469 e. The molecule has 0 fully saturated rings. The largest absolute Gasteiger partial charge is 0.469 e. The number of rotatable bonds is 11. The molecular formula is C19H29N3O2S. The highest BCUT2D eigenvalue weighted by Crippen LogP contribution is 2.09. The lowest BCUT2D eigenvalue weighted by atomic mass is 10.3. The fraction of sp³-hybridized carbons (Fsp3) is 0.526. The summed E-state index contributed by atoms with van der Waals surface area (Å²) in [4.78, 5) is 5.94. The van der Waals surface area contributed by atoms with Crippen LogP contribution in [0.2, 0.25) is 0 Å². The molecule has 2 N–H and O–H groups in total. The Kier molecular flexibility index (Phi) is 9.15. The van der Waals surface area contributed by atoms with Crippen LogP contribution in [0.4, 0.5) is 0 Å². The standard InChI is InChI=1S/C19H29N3O2S/c1-16(2)23-12-4-3-10-20-19(22-15-18-8-6-14-25-18)21-11-9-17-7-5-13-24-17/h5-8,13-14,16H,3-4,9-12,15H2,1-2H3,(H2,20,21,22). The van der Waals surface area contributed by atoms with Crippen LogP contribution in [0.1, 0.15) is 37.3 Å². The fourth-order valence-corrected chi connectivity index (χ4v) is 2.87. The van der Waals surface area contributed by atoms with E-state index < -0.39 is 0 Å². The lowest BCUT2D eigenvalue weighted by Gasteiger charge is -2.12. The van der Waals surface area contributed by atoms with Crippen LogP contribution in [0.3, 0.4) is 0 Å². The van der Waals surface area contributed by atoms with E-state index in [-0.39, 0.29) is 0 Å². The molecule has 0 atom stereocenters. The lowest BCUT2D eigenvalue weighted by Crippen LogP contribution is -2.39. The van der Waals surface area contributed by atoms with Crippen molar-refractivity contribution in [3.63, 3.8) is 0 Å². The minimum atomic E-state index is 0.305. The van der Waals surface area contributed by atoms with E-state index in [0.717, 1.165) is 50.7 Å². The van der Waals surface area contributed by atoms with E-state index in [1.54, 1.807) is 17.6 Å². The molecule has 2 aromatic heterocycles. The van der Waals surface area contributed by atoms with E-state index >= 15 is 0 Å². The maximum absolute atomic E-state index is 5.57. The Hall–Kier alpha value is -1.79. The Morgan fingerprint density at radius 1 is 1.20 bits per heavy atom. The molecule has 2 rings (SSSR count). The number of ether oxygens (including phenoxy) is 1. The maximum atomic E-state index is 5.57. The van der Waals surface area contributed by atoms with Crippen LogP contribution in [0.15, 0.2) is 45.3 Å². The summed E-state index contributed by atoms with van der Waals surface area (Å²) in [5.41, 5.74) is 0. The molecule has 0 unspecified atom stereocenters. The lowest BCUT2D eigenvalue weighted by molar-refractivity contribution is 0.0762. The Labute approximate surface area is 154 Å². The molecule has 25 heavy (non-hydrogen) atoms. The second-order valence-corrected chi connectivity index (χ2v) is 7.09. The molecule has 138 valence electrons. The highest BCUT2D eigenvalue weighted by molar-refractivity contribution is 7.09. The molecule has 5 nitrogen and oxygen atoms in total. The second kappa shape index (κ2) is 11.7. The van der Waals surface area contributed by atoms with Gasteiger partial charge in [-0.2, -0.15) is 0 Å². The zero-order valence-electron chi connectivity index (χ0n) is 15.2. The van der Waals surface area contributed by atoms with Gasteiger partial charge < -0.3 is 19.8 Å². The van der Waals surface area contributed by atoms with Crippen molar-refractivity contribution in [3.8, 4) is 0 Å². The van der Waals surface area contributed by atoms with Gasteiger partial charge >= 0.3 is 0 Å². The number of nitrogens with one attached hydrogen (secondary N) is 2. The van der Waals surface area contributed by atoms with Crippen LogP contribution in [0, 0.1) is 0 Å². The maximum Gasteiger partial charge on any atom is 0.191 e. The van der Waals surface area contributed by atoms with Gasteiger partial charge in [-0.25, -0.2) is 4.99 Å². The molecule has 0 aliphatic rings. The molecule has 0 saturated carbocycles. The third kappa shape index (κ3) is 8.74. The first kappa shape index (κ1) is 19.5. The number of nitrogens with zero attached hydrogens (tertiary/aromatic N) is 1. The van der Waals surface area contributed by atoms with Crippen molar-refractivity contribution in [1.29, 1.82) is 0 Å². The van der Waals surface area contributed by atoms with Crippen molar-refractivity contribution in [1.82, 2.24) is 10.6 Å². The van der Waals surface area contributed by atoms with E-state index in [2.05, 4.69) is 47.0 Å². The summed E-state index contributed by atoms with van der Waals surface area (Å²) in [5, 5.41) is 8.87. The Balaban J connectivity index is 1.72. The van der Waals surface area contributed by atoms with Gasteiger partial charge in [-0.3, -0.25) is 0 Å². The average Bonchev–Trinajstić information content (AvgIpc) is 3.28. The normalized spacial score (nSPS) is 11.9. The monoisotopic (exact) mass is 363 g/mol. The fourth-order valence-electron chi connectivity index (χ4n) is 2.25. The molecular weight excluding hydrogens is 334 g/mol. The van der Waals surface area contributed by atoms with Crippen molar-refractivity contribution in [2.45, 2.75) is 45.8 Å². The van der Waals surface area contributed by atoms with E-state index in [4.69, 9.17) is 9.15 Å². The number of hydrogen-bond acceptors (Lipinski definition) is 4. The first-order chi connectivity index (χ1) is 12.2. The molecule has 0 spiro atoms. The van der Waals surface area contributed by atoms with Crippen molar-refractivity contribution >= 4 is 17.3 Å². The zero-order valence-corrected chi connectivity index (χ0v) is 16.0. The van der Waals surface area contributed by atoms with Crippen molar-refractivity contribution in [3.05, 3.63) is 46.5 Å². The second-order valence-electron chi connectivity index (χ2n) is 6.05. The number of furan rings is 1. The van der Waals surface area contributed by atoms with E-state index in [1.165, 1.54) is 4.88 Å². The van der Waals surface area contributed by atoms with Gasteiger partial charge in [-0.15, -0.1) is 11.3 Å². The number of hydrogen-bond donors (Lipinski definition) is 2. The first-order valence-corrected chi connectivity index (χ1v) is 9.80. The summed E-state index contributed by atoms with van der Waals surface area (Å²) in [6.45, 7) is 7.32. The van der Waals surface area contributed by atoms with Gasteiger partial charge in [0.1, 0.15) is 5.76 Å². The Morgan fingerprint density at radius 3 is 2.80 bits per heavy atom. The summed E-state index contributed by atoms with van der Waals surface area (Å²) >= 11 is 1.73. The molecule has 2 heterocycles. The van der Waals surface area contributed by atoms with Crippen LogP contribution in [0.25, 0.3) is 0 Å². The van der Waals surface area contributed by atoms with Crippen molar-refractivity contribution < 1.29 is 9.15 Å². The zero-order chi connectivity index (χ0) is 17.7. The molecule has 0 saturated heterocycles. The SMILES string of the molecule is CC(C)OCCCCNC(=NCc1cccs1)NCCc1ccco1. The van der Waals surface area contributed by atoms with Gasteiger partial charge in [-0.05, 0) is 50.3 Å². The van der Waals surface area contributed by atoms with Crippen LogP contribution >= 0.6 is 11.3 Å². The third-order valence-corrected chi connectivity index (χ3v) is 4.39. The molecule has 0 aliphatic carbocycles. The third-order valence-electron chi connectivity index (χ3n) is 3.53. The van der Waals surface area contributed by atoms with E-state index in [9.17, 15) is 0 Å². The predicted molar refractivity (Wildman–Crippen MR) is 104 cm³/mol. The highest BCUT2D eigenvalue weighted by atomic mass is 32.1. The summed E-state index contributed by atoms with van der Waals surface area (Å²) in [6.07, 6.45) is 4.97. The molecule has 2 aromatic rings. The van der Waals surface area contributed by atoms with Crippen molar-refractivity contribution in [2.75, 3.05) is 19.7 Å². The number of aliphatic imine (C=N–C) groups is 1. The number of unbranched alkanes of at least 4 members (excludes halogenated alkanes) is 1. The number of guanidine groups is 1. The van der Waals surface area contributed by atoms with Gasteiger partial charge in [0.05, 0.1) is 18.9 Å². The first-order valence-electron chi connectivity index (χ1n) is 8.92. The van der Waals surface area contributed by atoms with Gasteiger partial charge in [0.2, 0.25) is 0 Å². The topological polar surface area (TPSA) is 58.8 Å². The van der Waals surface area contributed by atoms with Crippen LogP contribution in [-0.4, -0.2) is 31.8 Å². The highest BCUT2D eigenvalue weighted by Gasteiger charge is 2.01. The Morgan fingerprint density at radius 2 is 2.08 bits per heavy atom. The van der Waals surface area contributed by atoms with Crippen LogP contribution in [-0.2, 0) is 17.7 Å². The van der Waals surface area contributed by atoms with Gasteiger partial charge in [-0.1, -0.05) is 6.07 Å². The molecule has 0 aliphatic heterocycles. The average molecular weight is 364 g/mol. The van der Waals surface area contributed by atoms with Gasteiger partial charge in [0.15, 0.2) is 5.96 Å². The van der Waals surface area contributed by atoms with Crippen LogP contribution < -0.4 is 10.6 Å². The minimum absolute atomic E-state index is 0.305. The van der Waals surface area contributed by atoms with E-state index in [0.29, 0.717) is 12.6 Å². The summed E-state index contributed by atoms with van der Waals surface area (Å²) in [5.74, 6) is 1.83. The molecule has 6 heteroatoms. The van der Waals surface area contributed by atoms with Gasteiger partial charge in [0.25, 0.3) is 0 Å². The predicted octanol–water partition coefficient (Wildman–Crippen LogP) is 3.82. The molecule has 0 aromatic carbocycles. The Bertz CT molecular complexity index is 580. The summed E-state index contributed by atoms with van der Waals surface area (Å²) in [7, 11) is 0. The summed E-state index contributed by atoms with van der Waals surface area (Å²) in [6, 6.07) is 8.07.